The second-order valence-corrected chi connectivity index (χ2v) is 16.1. The molecule has 2 amide bonds. The number of esters is 1. The van der Waals surface area contributed by atoms with Crippen LogP contribution < -0.4 is 0 Å². The lowest BCUT2D eigenvalue weighted by Gasteiger charge is -2.45. The Bertz CT molecular complexity index is 1960. The van der Waals surface area contributed by atoms with Gasteiger partial charge in [-0.25, -0.2) is 9.69 Å². The summed E-state index contributed by atoms with van der Waals surface area (Å²) in [6.07, 6.45) is -4.57. The molecule has 3 aromatic carbocycles. The second kappa shape index (κ2) is 21.9. The number of aryl methyl sites for hydroxylation is 1. The fourth-order valence-corrected chi connectivity index (χ4v) is 8.08. The molecule has 2 aliphatic rings. The van der Waals surface area contributed by atoms with Crippen LogP contribution in [0.2, 0.25) is 0 Å². The van der Waals surface area contributed by atoms with Gasteiger partial charge in [0.2, 0.25) is 5.91 Å². The Morgan fingerprint density at radius 1 is 0.867 bits per heavy atom. The molecule has 8 atom stereocenters. The number of halogens is 1. The molecule has 8 unspecified atom stereocenters. The topological polar surface area (TPSA) is 152 Å². The highest BCUT2D eigenvalue weighted by Crippen LogP contribution is 2.38. The van der Waals surface area contributed by atoms with E-state index in [9.17, 15) is 19.5 Å². The Labute approximate surface area is 359 Å². The second-order valence-electron chi connectivity index (χ2n) is 15.3. The Balaban J connectivity index is 1.20. The van der Waals surface area contributed by atoms with Crippen LogP contribution >= 0.6 is 15.9 Å². The first-order valence-corrected chi connectivity index (χ1v) is 21.1. The van der Waals surface area contributed by atoms with E-state index >= 15 is 0 Å². The van der Waals surface area contributed by atoms with Gasteiger partial charge in [0, 0.05) is 27.1 Å². The zero-order valence-corrected chi connectivity index (χ0v) is 35.9. The number of hydrogen-bond acceptors (Lipinski definition) is 12. The first kappa shape index (κ1) is 45.1. The summed E-state index contributed by atoms with van der Waals surface area (Å²) in [4.78, 5) is 41.2. The summed E-state index contributed by atoms with van der Waals surface area (Å²) in [7, 11) is 1.52. The zero-order chi connectivity index (χ0) is 42.6. The van der Waals surface area contributed by atoms with Crippen molar-refractivity contribution in [1.29, 1.82) is 0 Å². The van der Waals surface area contributed by atoms with Gasteiger partial charge in [0.15, 0.2) is 12.4 Å². The summed E-state index contributed by atoms with van der Waals surface area (Å²) in [6, 6.07) is 30.0. The zero-order valence-electron chi connectivity index (χ0n) is 34.4. The Morgan fingerprint density at radius 2 is 1.47 bits per heavy atom. The van der Waals surface area contributed by atoms with Crippen molar-refractivity contribution >= 4 is 33.9 Å². The first-order valence-electron chi connectivity index (χ1n) is 20.3. The summed E-state index contributed by atoms with van der Waals surface area (Å²) in [5.74, 6) is -1.42. The largest absolute Gasteiger partial charge is 0.461 e. The van der Waals surface area contributed by atoms with Crippen molar-refractivity contribution in [3.05, 3.63) is 130 Å². The molecule has 14 heteroatoms. The highest BCUT2D eigenvalue weighted by Gasteiger charge is 2.49. The van der Waals surface area contributed by atoms with E-state index in [-0.39, 0.29) is 51.1 Å². The van der Waals surface area contributed by atoms with Crippen LogP contribution in [-0.2, 0) is 68.8 Å². The van der Waals surface area contributed by atoms with Gasteiger partial charge in [-0.3, -0.25) is 9.59 Å². The minimum Gasteiger partial charge on any atom is -0.461 e. The van der Waals surface area contributed by atoms with Crippen molar-refractivity contribution in [2.24, 2.45) is 11.8 Å². The molecule has 2 fully saturated rings. The number of amides is 2. The van der Waals surface area contributed by atoms with Gasteiger partial charge in [0.05, 0.1) is 36.3 Å². The van der Waals surface area contributed by atoms with Crippen LogP contribution in [0.5, 0.6) is 0 Å². The SMILES string of the molecule is COC1OC(CO)C(OCc2ccccc2)C(OCc2ccccc2)C1OCCCc1oc(C(OC(C)=O)C(Cc2ccccc2)C(=O)N2C(=O)OCC2C(C)C)cc1Br. The van der Waals surface area contributed by atoms with Crippen molar-refractivity contribution in [3.8, 4) is 0 Å². The lowest BCUT2D eigenvalue weighted by atomic mass is 9.90. The molecule has 2 aliphatic heterocycles. The highest BCUT2D eigenvalue weighted by molar-refractivity contribution is 9.10. The van der Waals surface area contributed by atoms with Gasteiger partial charge >= 0.3 is 12.1 Å². The van der Waals surface area contributed by atoms with E-state index in [0.29, 0.717) is 23.1 Å². The van der Waals surface area contributed by atoms with Crippen molar-refractivity contribution in [3.63, 3.8) is 0 Å². The number of aliphatic hydroxyl groups excluding tert-OH is 1. The van der Waals surface area contributed by atoms with E-state index in [1.165, 1.54) is 14.0 Å². The van der Waals surface area contributed by atoms with Crippen LogP contribution in [0.3, 0.4) is 0 Å². The van der Waals surface area contributed by atoms with Crippen LogP contribution in [-0.4, -0.2) is 91.7 Å². The van der Waals surface area contributed by atoms with Gasteiger partial charge in [-0.05, 0) is 57.4 Å². The third-order valence-corrected chi connectivity index (χ3v) is 11.3. The number of hydrogen-bond donors (Lipinski definition) is 1. The van der Waals surface area contributed by atoms with E-state index in [1.807, 2.05) is 105 Å². The molecule has 322 valence electrons. The molecule has 60 heavy (non-hydrogen) atoms. The maximum absolute atomic E-state index is 14.4. The molecule has 13 nitrogen and oxygen atoms in total. The van der Waals surface area contributed by atoms with E-state index in [2.05, 4.69) is 15.9 Å². The number of furan rings is 1. The maximum Gasteiger partial charge on any atom is 0.416 e. The average molecular weight is 893 g/mol. The Morgan fingerprint density at radius 3 is 2.03 bits per heavy atom. The quantitative estimate of drug-likeness (QED) is 0.0697. The Kier molecular flexibility index (Phi) is 16.5. The van der Waals surface area contributed by atoms with Gasteiger partial charge in [0.25, 0.3) is 0 Å². The van der Waals surface area contributed by atoms with E-state index in [4.69, 9.17) is 37.6 Å². The third-order valence-electron chi connectivity index (χ3n) is 10.7. The van der Waals surface area contributed by atoms with E-state index in [1.54, 1.807) is 6.07 Å². The lowest BCUT2D eigenvalue weighted by Crippen LogP contribution is -2.61. The number of carbonyl (C=O) groups excluding carboxylic acids is 3. The molecule has 2 saturated heterocycles. The molecule has 0 saturated carbocycles. The molecular formula is C46H54BrNO12. The molecule has 4 aromatic rings. The molecule has 6 rings (SSSR count). The molecule has 0 spiro atoms. The summed E-state index contributed by atoms with van der Waals surface area (Å²) in [5, 5.41) is 10.4. The molecule has 1 N–H and O–H groups in total. The predicted octanol–water partition coefficient (Wildman–Crippen LogP) is 7.36. The smallest absolute Gasteiger partial charge is 0.416 e. The van der Waals surface area contributed by atoms with Crippen LogP contribution in [0.25, 0.3) is 0 Å². The standard InChI is InChI=1S/C46H54BrNO12/c1-29(2)36-28-57-46(52)48(36)44(51)34(23-31-15-8-5-9-16-31)40(58-30(3)50)38-24-35(47)37(59-38)21-14-22-54-43-42(56-27-33-19-12-7-13-20-33)41(39(25-49)60-45(43)53-4)55-26-32-17-10-6-11-18-32/h5-13,15-20,24,29,34,36,39-43,45,49H,14,21-23,25-28H2,1-4H3. The van der Waals surface area contributed by atoms with Crippen molar-refractivity contribution in [2.75, 3.05) is 26.9 Å². The molecule has 1 aromatic heterocycles. The van der Waals surface area contributed by atoms with Gasteiger partial charge in [0.1, 0.15) is 42.5 Å². The third kappa shape index (κ3) is 11.5. The molecule has 0 bridgehead atoms. The number of carbonyl (C=O) groups is 3. The minimum absolute atomic E-state index is 0.0645. The van der Waals surface area contributed by atoms with E-state index in [0.717, 1.165) is 21.6 Å². The number of nitrogens with zero attached hydrogens (tertiary/aromatic N) is 1. The number of benzene rings is 3. The van der Waals surface area contributed by atoms with Gasteiger partial charge < -0.3 is 42.7 Å². The van der Waals surface area contributed by atoms with Crippen LogP contribution in [0, 0.1) is 11.8 Å². The number of aliphatic hydroxyl groups is 1. The highest BCUT2D eigenvalue weighted by atomic mass is 79.9. The van der Waals surface area contributed by atoms with Crippen LogP contribution in [0.15, 0.2) is 106 Å². The lowest BCUT2D eigenvalue weighted by molar-refractivity contribution is -0.319. The van der Waals surface area contributed by atoms with Crippen LogP contribution in [0.1, 0.15) is 61.5 Å². The minimum atomic E-state index is -1.16. The van der Waals surface area contributed by atoms with Gasteiger partial charge in [-0.15, -0.1) is 0 Å². The maximum atomic E-state index is 14.4. The fraction of sp³-hybridized carbons (Fsp3) is 0.457. The number of cyclic esters (lactones) is 1. The summed E-state index contributed by atoms with van der Waals surface area (Å²) < 4.78 is 49.6. The number of ether oxygens (including phenoxy) is 7. The molecule has 0 radical (unpaired) electrons. The van der Waals surface area contributed by atoms with Crippen molar-refractivity contribution in [1.82, 2.24) is 4.90 Å². The van der Waals surface area contributed by atoms with Crippen molar-refractivity contribution < 1.29 is 57.1 Å². The van der Waals surface area contributed by atoms with Gasteiger partial charge in [-0.2, -0.15) is 0 Å². The normalized spacial score (nSPS) is 22.7. The fourth-order valence-electron chi connectivity index (χ4n) is 7.57. The van der Waals surface area contributed by atoms with Gasteiger partial charge in [-0.1, -0.05) is 105 Å². The predicted molar refractivity (Wildman–Crippen MR) is 222 cm³/mol. The molecular weight excluding hydrogens is 838 g/mol. The summed E-state index contributed by atoms with van der Waals surface area (Å²) in [5.41, 5.74) is 2.72. The molecule has 3 heterocycles. The number of rotatable bonds is 20. The summed E-state index contributed by atoms with van der Waals surface area (Å²) >= 11 is 3.63. The molecule has 0 aliphatic carbocycles. The average Bonchev–Trinajstić information content (AvgIpc) is 3.84. The Hall–Kier alpha value is -4.41. The monoisotopic (exact) mass is 891 g/mol. The van der Waals surface area contributed by atoms with Crippen LogP contribution in [0.4, 0.5) is 4.79 Å². The first-order chi connectivity index (χ1) is 29.1. The number of imide groups is 1. The number of methoxy groups -OCH3 is 1. The summed E-state index contributed by atoms with van der Waals surface area (Å²) in [6.45, 7) is 5.63. The van der Waals surface area contributed by atoms with Crippen molar-refractivity contribution in [2.45, 2.75) is 96.1 Å². The van der Waals surface area contributed by atoms with E-state index < -0.39 is 66.7 Å².